The normalized spacial score (nSPS) is 15.3. The number of aliphatic imine (C=N–C) groups is 2. The molecule has 3 heterocycles. The molecule has 0 aliphatic carbocycles. The largest absolute Gasteiger partial charge is 0.378 e. The average Bonchev–Trinajstić information content (AvgIpc) is 3.40. The molecule has 0 bridgehead atoms. The molecule has 0 radical (unpaired) electrons. The number of allylic oxidation sites excluding steroid dienone is 2. The number of benzene rings is 1. The molecule has 3 aromatic rings. The molecule has 7 heteroatoms. The van der Waals surface area contributed by atoms with Crippen LogP contribution in [0.25, 0.3) is 17.0 Å². The molecule has 1 fully saturated rings. The fraction of sp³-hybridized carbons (Fsp3) is 0.227. The summed E-state index contributed by atoms with van der Waals surface area (Å²) in [6.45, 7) is 11.1. The van der Waals surface area contributed by atoms with E-state index in [1.807, 2.05) is 36.5 Å². The number of aromatic nitrogens is 2. The van der Waals surface area contributed by atoms with Crippen LogP contribution in [0.5, 0.6) is 0 Å². The van der Waals surface area contributed by atoms with Gasteiger partial charge in [-0.3, -0.25) is 15.1 Å². The molecule has 1 N–H and O–H groups in total. The molecule has 1 aromatic carbocycles. The van der Waals surface area contributed by atoms with Gasteiger partial charge < -0.3 is 9.64 Å². The molecule has 0 atom stereocenters. The van der Waals surface area contributed by atoms with Crippen LogP contribution in [0.4, 0.5) is 5.69 Å². The van der Waals surface area contributed by atoms with Crippen molar-refractivity contribution in [3.63, 3.8) is 0 Å². The summed E-state index contributed by atoms with van der Waals surface area (Å²) in [5.41, 5.74) is 3.01. The van der Waals surface area contributed by atoms with Gasteiger partial charge in [0.25, 0.3) is 0 Å². The van der Waals surface area contributed by atoms with Crippen molar-refractivity contribution < 1.29 is 4.74 Å². The third-order valence-electron chi connectivity index (χ3n) is 4.79. The van der Waals surface area contributed by atoms with Crippen molar-refractivity contribution in [1.82, 2.24) is 15.1 Å². The molecule has 0 amide bonds. The molecule has 148 valence electrons. The van der Waals surface area contributed by atoms with Gasteiger partial charge >= 0.3 is 0 Å². The van der Waals surface area contributed by atoms with Crippen molar-refractivity contribution in [2.45, 2.75) is 6.54 Å². The third kappa shape index (κ3) is 4.21. The minimum atomic E-state index is 0.565. The number of aromatic amines is 1. The number of amidine groups is 1. The molecule has 29 heavy (non-hydrogen) atoms. The maximum absolute atomic E-state index is 5.55. The minimum Gasteiger partial charge on any atom is -0.378 e. The van der Waals surface area contributed by atoms with E-state index in [1.54, 1.807) is 17.4 Å². The summed E-state index contributed by atoms with van der Waals surface area (Å²) in [6.07, 6.45) is 7.57. The van der Waals surface area contributed by atoms with E-state index < -0.39 is 0 Å². The molecule has 1 aliphatic rings. The van der Waals surface area contributed by atoms with E-state index in [0.29, 0.717) is 19.8 Å². The lowest BCUT2D eigenvalue weighted by Gasteiger charge is -2.29. The second-order valence-corrected chi connectivity index (χ2v) is 7.69. The first-order chi connectivity index (χ1) is 14.3. The minimum absolute atomic E-state index is 0.565. The van der Waals surface area contributed by atoms with Crippen molar-refractivity contribution in [1.29, 1.82) is 0 Å². The van der Waals surface area contributed by atoms with E-state index in [1.165, 1.54) is 0 Å². The van der Waals surface area contributed by atoms with E-state index in [-0.39, 0.29) is 0 Å². The maximum Gasteiger partial charge on any atom is 0.143 e. The predicted octanol–water partition coefficient (Wildman–Crippen LogP) is 4.43. The van der Waals surface area contributed by atoms with Crippen LogP contribution < -0.4 is 0 Å². The summed E-state index contributed by atoms with van der Waals surface area (Å²) < 4.78 is 5.55. The van der Waals surface area contributed by atoms with Crippen LogP contribution in [0, 0.1) is 0 Å². The van der Waals surface area contributed by atoms with Crippen LogP contribution >= 0.6 is 11.3 Å². The Morgan fingerprint density at radius 1 is 1.34 bits per heavy atom. The number of H-pyrrole nitrogens is 1. The first-order valence-corrected chi connectivity index (χ1v) is 10.3. The number of nitrogens with one attached hydrogen (secondary N) is 1. The van der Waals surface area contributed by atoms with Crippen molar-refractivity contribution in [3.05, 3.63) is 64.5 Å². The Labute approximate surface area is 174 Å². The van der Waals surface area contributed by atoms with Crippen LogP contribution in [-0.4, -0.2) is 54.0 Å². The van der Waals surface area contributed by atoms with E-state index in [4.69, 9.17) is 9.73 Å². The van der Waals surface area contributed by atoms with Crippen LogP contribution in [0.1, 0.15) is 15.3 Å². The van der Waals surface area contributed by atoms with Crippen molar-refractivity contribution in [2.24, 2.45) is 9.98 Å². The highest BCUT2D eigenvalue weighted by molar-refractivity contribution is 7.15. The predicted molar refractivity (Wildman–Crippen MR) is 121 cm³/mol. The van der Waals surface area contributed by atoms with Crippen molar-refractivity contribution in [3.8, 4) is 0 Å². The van der Waals surface area contributed by atoms with Crippen LogP contribution in [0.15, 0.2) is 59.2 Å². The molecule has 2 aromatic heterocycles. The first-order valence-electron chi connectivity index (χ1n) is 9.48. The highest BCUT2D eigenvalue weighted by Crippen LogP contribution is 2.32. The summed E-state index contributed by atoms with van der Waals surface area (Å²) in [5.74, 6) is 0.944. The van der Waals surface area contributed by atoms with E-state index in [9.17, 15) is 0 Å². The van der Waals surface area contributed by atoms with Crippen LogP contribution in [0.3, 0.4) is 0 Å². The van der Waals surface area contributed by atoms with Gasteiger partial charge in [-0.25, -0.2) is 0 Å². The Bertz CT molecular complexity index is 1070. The molecule has 0 unspecified atom stereocenters. The smallest absolute Gasteiger partial charge is 0.143 e. The topological polar surface area (TPSA) is 65.9 Å². The standard InChI is InChI=1S/C22H23N5OS/c1-3-4-7-17-13-20(23-2)21(29-17)22(27-9-11-28-12-10-27)24-14-16-6-5-8-19-18(16)15-25-26-19/h3-8,13,15H,1-2,9-12,14H2,(H,25,26)/b7-4+,24-22?. The molecule has 1 saturated heterocycles. The maximum atomic E-state index is 5.55. The highest BCUT2D eigenvalue weighted by Gasteiger charge is 2.21. The lowest BCUT2D eigenvalue weighted by molar-refractivity contribution is 0.0682. The number of thiophene rings is 1. The van der Waals surface area contributed by atoms with Gasteiger partial charge in [0.05, 0.1) is 42.0 Å². The summed E-state index contributed by atoms with van der Waals surface area (Å²) >= 11 is 1.67. The van der Waals surface area contributed by atoms with Gasteiger partial charge in [0.2, 0.25) is 0 Å². The van der Waals surface area contributed by atoms with Gasteiger partial charge in [0.1, 0.15) is 5.84 Å². The Kier molecular flexibility index (Phi) is 5.97. The number of morpholine rings is 1. The Hall–Kier alpha value is -3.03. The Balaban J connectivity index is 1.74. The monoisotopic (exact) mass is 405 g/mol. The second kappa shape index (κ2) is 8.98. The van der Waals surface area contributed by atoms with Gasteiger partial charge in [-0.1, -0.05) is 30.9 Å². The van der Waals surface area contributed by atoms with Gasteiger partial charge in [-0.15, -0.1) is 11.3 Å². The quantitative estimate of drug-likeness (QED) is 0.375. The highest BCUT2D eigenvalue weighted by atomic mass is 32.1. The fourth-order valence-corrected chi connectivity index (χ4v) is 4.41. The summed E-state index contributed by atoms with van der Waals surface area (Å²) in [5, 5.41) is 8.28. The molecular formula is C22H23N5OS. The molecule has 0 spiro atoms. The Morgan fingerprint density at radius 3 is 3.00 bits per heavy atom. The van der Waals surface area contributed by atoms with Crippen molar-refractivity contribution in [2.75, 3.05) is 26.3 Å². The number of ether oxygens (including phenoxy) is 1. The van der Waals surface area contributed by atoms with Gasteiger partial charge in [-0.2, -0.15) is 5.10 Å². The van der Waals surface area contributed by atoms with Gasteiger partial charge in [0, 0.05) is 23.4 Å². The van der Waals surface area contributed by atoms with E-state index >= 15 is 0 Å². The lowest BCUT2D eigenvalue weighted by Crippen LogP contribution is -2.41. The molecular weight excluding hydrogens is 382 g/mol. The first kappa shape index (κ1) is 19.3. The van der Waals surface area contributed by atoms with E-state index in [0.717, 1.165) is 50.8 Å². The number of nitrogens with zero attached hydrogens (tertiary/aromatic N) is 4. The summed E-state index contributed by atoms with van der Waals surface area (Å²) in [4.78, 5) is 13.7. The Morgan fingerprint density at radius 2 is 2.21 bits per heavy atom. The van der Waals surface area contributed by atoms with E-state index in [2.05, 4.69) is 39.5 Å². The van der Waals surface area contributed by atoms with Crippen molar-refractivity contribution >= 4 is 46.6 Å². The number of hydrogen-bond acceptors (Lipinski definition) is 5. The van der Waals surface area contributed by atoms with Crippen LogP contribution in [0.2, 0.25) is 0 Å². The fourth-order valence-electron chi connectivity index (χ4n) is 3.34. The van der Waals surface area contributed by atoms with Crippen LogP contribution in [-0.2, 0) is 11.3 Å². The number of hydrogen-bond donors (Lipinski definition) is 1. The zero-order chi connectivity index (χ0) is 20.1. The SMILES string of the molecule is C=C/C=C/c1cc(N=C)c(C(=NCc2cccc3[nH]ncc23)N2CCOCC2)s1. The molecule has 6 nitrogen and oxygen atoms in total. The molecule has 4 rings (SSSR count). The zero-order valence-electron chi connectivity index (χ0n) is 16.2. The van der Waals surface area contributed by atoms with Gasteiger partial charge in [0.15, 0.2) is 0 Å². The zero-order valence-corrected chi connectivity index (χ0v) is 17.0. The number of fused-ring (bicyclic) bond motifs is 1. The van der Waals surface area contributed by atoms with Gasteiger partial charge in [-0.05, 0) is 30.5 Å². The third-order valence-corrected chi connectivity index (χ3v) is 5.87. The number of rotatable bonds is 6. The summed E-state index contributed by atoms with van der Waals surface area (Å²) in [6, 6.07) is 8.19. The molecule has 1 aliphatic heterocycles. The molecule has 0 saturated carbocycles. The second-order valence-electron chi connectivity index (χ2n) is 6.60. The average molecular weight is 406 g/mol. The lowest BCUT2D eigenvalue weighted by atomic mass is 10.1. The summed E-state index contributed by atoms with van der Waals surface area (Å²) in [7, 11) is 0.